The molecule has 0 amide bonds. The summed E-state index contributed by atoms with van der Waals surface area (Å²) in [4.78, 5) is 26.3. The van der Waals surface area contributed by atoms with Gasteiger partial charge in [-0.25, -0.2) is 8.42 Å². The SMILES string of the molecule is CC(=O)C1CC(C(=O)c2ccc(NS(C)(=O)=O)cc2)CCN1C. The van der Waals surface area contributed by atoms with Gasteiger partial charge in [0.2, 0.25) is 10.0 Å². The highest BCUT2D eigenvalue weighted by atomic mass is 32.2. The standard InChI is InChI=1S/C16H22N2O4S/c1-11(19)15-10-13(8-9-18(15)2)16(20)12-4-6-14(7-5-12)17-23(3,21)22/h4-7,13,15,17H,8-10H2,1-3H3. The smallest absolute Gasteiger partial charge is 0.229 e. The predicted molar refractivity (Wildman–Crippen MR) is 89.1 cm³/mol. The van der Waals surface area contributed by atoms with Crippen LogP contribution in [0.5, 0.6) is 0 Å². The number of rotatable bonds is 5. The minimum absolute atomic E-state index is 0.00950. The summed E-state index contributed by atoms with van der Waals surface area (Å²) in [5.74, 6) is -0.0817. The summed E-state index contributed by atoms with van der Waals surface area (Å²) < 4.78 is 24.7. The van der Waals surface area contributed by atoms with Gasteiger partial charge >= 0.3 is 0 Å². The van der Waals surface area contributed by atoms with Crippen molar-refractivity contribution in [2.45, 2.75) is 25.8 Å². The zero-order chi connectivity index (χ0) is 17.2. The van der Waals surface area contributed by atoms with Crippen molar-refractivity contribution in [3.8, 4) is 0 Å². The fourth-order valence-corrected chi connectivity index (χ4v) is 3.51. The number of Topliss-reactive ketones (excluding diaryl/α,β-unsaturated/α-hetero) is 2. The molecule has 126 valence electrons. The van der Waals surface area contributed by atoms with Gasteiger partial charge in [0, 0.05) is 17.2 Å². The van der Waals surface area contributed by atoms with E-state index in [-0.39, 0.29) is 23.5 Å². The summed E-state index contributed by atoms with van der Waals surface area (Å²) in [6.07, 6.45) is 2.34. The van der Waals surface area contributed by atoms with Crippen molar-refractivity contribution in [2.24, 2.45) is 5.92 Å². The van der Waals surface area contributed by atoms with Crippen molar-refractivity contribution >= 4 is 27.3 Å². The van der Waals surface area contributed by atoms with Crippen LogP contribution in [-0.2, 0) is 14.8 Å². The van der Waals surface area contributed by atoms with E-state index in [1.54, 1.807) is 31.2 Å². The Morgan fingerprint density at radius 2 is 1.83 bits per heavy atom. The van der Waals surface area contributed by atoms with Crippen LogP contribution in [0, 0.1) is 5.92 Å². The van der Waals surface area contributed by atoms with Crippen LogP contribution < -0.4 is 4.72 Å². The third kappa shape index (κ3) is 4.62. The van der Waals surface area contributed by atoms with E-state index < -0.39 is 10.0 Å². The summed E-state index contributed by atoms with van der Waals surface area (Å²) in [7, 11) is -1.43. The van der Waals surface area contributed by atoms with Gasteiger partial charge in [0.1, 0.15) is 5.78 Å². The second-order valence-electron chi connectivity index (χ2n) is 6.14. The summed E-state index contributed by atoms with van der Waals surface area (Å²) in [6.45, 7) is 2.27. The lowest BCUT2D eigenvalue weighted by Gasteiger charge is -2.35. The van der Waals surface area contributed by atoms with Crippen molar-refractivity contribution in [1.29, 1.82) is 0 Å². The Morgan fingerprint density at radius 1 is 1.22 bits per heavy atom. The molecule has 1 heterocycles. The number of likely N-dealkylation sites (tertiary alicyclic amines) is 1. The topological polar surface area (TPSA) is 83.5 Å². The zero-order valence-corrected chi connectivity index (χ0v) is 14.4. The van der Waals surface area contributed by atoms with Crippen LogP contribution in [0.2, 0.25) is 0 Å². The Balaban J connectivity index is 2.10. The number of likely N-dealkylation sites (N-methyl/N-ethyl adjacent to an activating group) is 1. The molecule has 1 fully saturated rings. The molecule has 0 radical (unpaired) electrons. The van der Waals surface area contributed by atoms with E-state index in [2.05, 4.69) is 4.72 Å². The minimum Gasteiger partial charge on any atom is -0.298 e. The van der Waals surface area contributed by atoms with Crippen LogP contribution in [0.3, 0.4) is 0 Å². The molecule has 7 heteroatoms. The molecule has 1 N–H and O–H groups in total. The van der Waals surface area contributed by atoms with Crippen molar-refractivity contribution < 1.29 is 18.0 Å². The molecule has 1 aliphatic heterocycles. The van der Waals surface area contributed by atoms with E-state index in [9.17, 15) is 18.0 Å². The maximum Gasteiger partial charge on any atom is 0.229 e. The van der Waals surface area contributed by atoms with Crippen LogP contribution in [0.1, 0.15) is 30.1 Å². The minimum atomic E-state index is -3.33. The third-order valence-electron chi connectivity index (χ3n) is 4.18. The van der Waals surface area contributed by atoms with Gasteiger partial charge in [-0.1, -0.05) is 0 Å². The van der Waals surface area contributed by atoms with Crippen molar-refractivity contribution in [3.05, 3.63) is 29.8 Å². The molecule has 1 saturated heterocycles. The highest BCUT2D eigenvalue weighted by molar-refractivity contribution is 7.92. The Kier molecular flexibility index (Phi) is 5.21. The Morgan fingerprint density at radius 3 is 2.35 bits per heavy atom. The van der Waals surface area contributed by atoms with Crippen LogP contribution in [0.15, 0.2) is 24.3 Å². The highest BCUT2D eigenvalue weighted by Gasteiger charge is 2.33. The van der Waals surface area contributed by atoms with Gasteiger partial charge < -0.3 is 0 Å². The largest absolute Gasteiger partial charge is 0.298 e. The van der Waals surface area contributed by atoms with Gasteiger partial charge in [-0.3, -0.25) is 19.2 Å². The number of benzene rings is 1. The van der Waals surface area contributed by atoms with Crippen molar-refractivity contribution in [2.75, 3.05) is 24.6 Å². The number of hydrogen-bond acceptors (Lipinski definition) is 5. The fourth-order valence-electron chi connectivity index (χ4n) is 2.95. The van der Waals surface area contributed by atoms with Crippen LogP contribution in [0.25, 0.3) is 0 Å². The number of carbonyl (C=O) groups is 2. The second kappa shape index (κ2) is 6.80. The normalized spacial score (nSPS) is 22.6. The van der Waals surface area contributed by atoms with Gasteiger partial charge in [0.25, 0.3) is 0 Å². The van der Waals surface area contributed by atoms with E-state index in [0.29, 0.717) is 24.2 Å². The first-order chi connectivity index (χ1) is 10.7. The molecule has 23 heavy (non-hydrogen) atoms. The van der Waals surface area contributed by atoms with Gasteiger partial charge in [-0.15, -0.1) is 0 Å². The van der Waals surface area contributed by atoms with E-state index in [1.165, 1.54) is 0 Å². The molecule has 0 spiro atoms. The first kappa shape index (κ1) is 17.6. The van der Waals surface area contributed by atoms with E-state index in [0.717, 1.165) is 12.7 Å². The number of carbonyl (C=O) groups excluding carboxylic acids is 2. The lowest BCUT2D eigenvalue weighted by atomic mass is 9.84. The molecule has 6 nitrogen and oxygen atoms in total. The van der Waals surface area contributed by atoms with Crippen molar-refractivity contribution in [3.63, 3.8) is 0 Å². The molecule has 0 aliphatic carbocycles. The monoisotopic (exact) mass is 338 g/mol. The Hall–Kier alpha value is -1.73. The lowest BCUT2D eigenvalue weighted by molar-refractivity contribution is -0.123. The second-order valence-corrected chi connectivity index (χ2v) is 7.89. The Bertz CT molecular complexity index is 697. The summed E-state index contributed by atoms with van der Waals surface area (Å²) >= 11 is 0. The predicted octanol–water partition coefficient (Wildman–Crippen LogP) is 1.54. The summed E-state index contributed by atoms with van der Waals surface area (Å²) in [6, 6.07) is 6.19. The maximum atomic E-state index is 12.6. The fraction of sp³-hybridized carbons (Fsp3) is 0.500. The molecule has 2 rings (SSSR count). The molecule has 1 aromatic rings. The zero-order valence-electron chi connectivity index (χ0n) is 13.6. The number of anilines is 1. The molecule has 2 atom stereocenters. The number of nitrogens with one attached hydrogen (secondary N) is 1. The summed E-state index contributed by atoms with van der Waals surface area (Å²) in [5.41, 5.74) is 0.968. The molecule has 0 aromatic heterocycles. The molecular weight excluding hydrogens is 316 g/mol. The number of nitrogens with zero attached hydrogens (tertiary/aromatic N) is 1. The summed E-state index contributed by atoms with van der Waals surface area (Å²) in [5, 5.41) is 0. The van der Waals surface area contributed by atoms with Crippen molar-refractivity contribution in [1.82, 2.24) is 4.90 Å². The molecule has 1 aromatic carbocycles. The van der Waals surface area contributed by atoms with E-state index in [4.69, 9.17) is 0 Å². The number of piperidine rings is 1. The molecule has 1 aliphatic rings. The van der Waals surface area contributed by atoms with Gasteiger partial charge in [0.05, 0.1) is 12.3 Å². The molecule has 0 bridgehead atoms. The van der Waals surface area contributed by atoms with Crippen LogP contribution in [-0.4, -0.2) is 50.8 Å². The van der Waals surface area contributed by atoms with Gasteiger partial charge in [-0.05, 0) is 57.6 Å². The van der Waals surface area contributed by atoms with Gasteiger partial charge in [-0.2, -0.15) is 0 Å². The van der Waals surface area contributed by atoms with Crippen LogP contribution in [0.4, 0.5) is 5.69 Å². The molecule has 0 saturated carbocycles. The van der Waals surface area contributed by atoms with E-state index >= 15 is 0 Å². The highest BCUT2D eigenvalue weighted by Crippen LogP contribution is 2.26. The number of ketones is 2. The molecule has 2 unspecified atom stereocenters. The lowest BCUT2D eigenvalue weighted by Crippen LogP contribution is -2.45. The van der Waals surface area contributed by atoms with E-state index in [1.807, 2.05) is 11.9 Å². The average molecular weight is 338 g/mol. The third-order valence-corrected chi connectivity index (χ3v) is 4.79. The molecular formula is C16H22N2O4S. The first-order valence-electron chi connectivity index (χ1n) is 7.50. The average Bonchev–Trinajstić information content (AvgIpc) is 2.46. The van der Waals surface area contributed by atoms with Crippen LogP contribution >= 0.6 is 0 Å². The number of sulfonamides is 1. The maximum absolute atomic E-state index is 12.6. The number of hydrogen-bond donors (Lipinski definition) is 1. The Labute approximate surface area is 136 Å². The van der Waals surface area contributed by atoms with Gasteiger partial charge in [0.15, 0.2) is 5.78 Å². The first-order valence-corrected chi connectivity index (χ1v) is 9.39. The quantitative estimate of drug-likeness (QED) is 0.824.